The second-order valence-electron chi connectivity index (χ2n) is 13.7. The summed E-state index contributed by atoms with van der Waals surface area (Å²) in [6.45, 7) is -0.0890. The fraction of sp³-hybridized carbons (Fsp3) is 0. The highest BCUT2D eigenvalue weighted by atomic mass is 32.1. The molecule has 246 valence electrons. The van der Waals surface area contributed by atoms with E-state index in [2.05, 4.69) is 155 Å². The van der Waals surface area contributed by atoms with Crippen molar-refractivity contribution in [3.8, 4) is 51.3 Å². The van der Waals surface area contributed by atoms with Gasteiger partial charge in [0.05, 0.1) is 22.4 Å². The maximum absolute atomic E-state index is 6.65. The Labute approximate surface area is 308 Å². The molecule has 0 saturated carbocycles. The highest BCUT2D eigenvalue weighted by Crippen LogP contribution is 2.39. The van der Waals surface area contributed by atoms with E-state index in [1.165, 1.54) is 42.0 Å². The standard InChI is InChI=1S/C46H26BN3O2S/c1-4-13-38-30(8-1)31-9-2-5-14-39(31)50(38)29-18-20-35-42(26-29)51-40-22-23-48-46-45(40)47(35)34-19-16-28(25-41(34)52-46)37-12-7-11-36(49-37)27-17-21-44-33(24-27)32-10-3-6-15-43(32)53-44/h1-26H. The Bertz CT molecular complexity index is 3110. The van der Waals surface area contributed by atoms with Gasteiger partial charge in [0.2, 0.25) is 5.88 Å². The van der Waals surface area contributed by atoms with Gasteiger partial charge in [0.1, 0.15) is 17.2 Å². The lowest BCUT2D eigenvalue weighted by molar-refractivity contribution is 0.450. The van der Waals surface area contributed by atoms with Gasteiger partial charge in [-0.1, -0.05) is 84.9 Å². The van der Waals surface area contributed by atoms with Crippen molar-refractivity contribution >= 4 is 76.4 Å². The van der Waals surface area contributed by atoms with Crippen molar-refractivity contribution in [1.82, 2.24) is 14.5 Å². The number of benzene rings is 6. The highest BCUT2D eigenvalue weighted by Gasteiger charge is 2.41. The number of rotatable bonds is 3. The summed E-state index contributed by atoms with van der Waals surface area (Å²) in [5.41, 5.74) is 10.4. The molecule has 0 aliphatic carbocycles. The van der Waals surface area contributed by atoms with E-state index in [0.717, 1.165) is 61.8 Å². The Morgan fingerprint density at radius 2 is 1.17 bits per heavy atom. The van der Waals surface area contributed by atoms with Crippen LogP contribution >= 0.6 is 11.3 Å². The lowest BCUT2D eigenvalue weighted by atomic mass is 9.35. The van der Waals surface area contributed by atoms with Crippen molar-refractivity contribution in [3.05, 3.63) is 158 Å². The van der Waals surface area contributed by atoms with Crippen molar-refractivity contribution in [2.75, 3.05) is 0 Å². The molecule has 2 aliphatic heterocycles. The number of thiophene rings is 1. The number of aromatic nitrogens is 3. The Hall–Kier alpha value is -6.70. The lowest BCUT2D eigenvalue weighted by Gasteiger charge is -2.32. The normalized spacial score (nSPS) is 12.8. The summed E-state index contributed by atoms with van der Waals surface area (Å²) in [5.74, 6) is 2.96. The molecule has 6 heterocycles. The lowest BCUT2D eigenvalue weighted by Crippen LogP contribution is -2.57. The molecule has 4 aromatic heterocycles. The molecule has 0 radical (unpaired) electrons. The van der Waals surface area contributed by atoms with Crippen molar-refractivity contribution in [1.29, 1.82) is 0 Å². The molecule has 0 bridgehead atoms. The van der Waals surface area contributed by atoms with Gasteiger partial charge >= 0.3 is 0 Å². The van der Waals surface area contributed by atoms with Crippen molar-refractivity contribution in [2.45, 2.75) is 0 Å². The van der Waals surface area contributed by atoms with Crippen LogP contribution in [0.1, 0.15) is 0 Å². The Morgan fingerprint density at radius 1 is 0.509 bits per heavy atom. The maximum atomic E-state index is 6.65. The molecule has 5 nitrogen and oxygen atoms in total. The van der Waals surface area contributed by atoms with Gasteiger partial charge in [0, 0.05) is 65.5 Å². The van der Waals surface area contributed by atoms with Crippen molar-refractivity contribution < 1.29 is 9.47 Å². The third-order valence-electron chi connectivity index (χ3n) is 10.8. The quantitative estimate of drug-likeness (QED) is 0.173. The van der Waals surface area contributed by atoms with Crippen LogP contribution in [0.5, 0.6) is 23.1 Å². The maximum Gasteiger partial charge on any atom is 0.262 e. The summed E-state index contributed by atoms with van der Waals surface area (Å²) in [7, 11) is 0. The summed E-state index contributed by atoms with van der Waals surface area (Å²) in [5, 5.41) is 5.01. The number of fused-ring (bicyclic) bond motifs is 10. The van der Waals surface area contributed by atoms with Gasteiger partial charge in [0.15, 0.2) is 0 Å². The van der Waals surface area contributed by atoms with E-state index < -0.39 is 0 Å². The number of hydrogen-bond donors (Lipinski definition) is 0. The predicted molar refractivity (Wildman–Crippen MR) is 218 cm³/mol. The molecule has 6 aromatic carbocycles. The zero-order valence-corrected chi connectivity index (χ0v) is 29.0. The molecule has 2 aliphatic rings. The van der Waals surface area contributed by atoms with Crippen molar-refractivity contribution in [3.63, 3.8) is 0 Å². The fourth-order valence-electron chi connectivity index (χ4n) is 8.43. The van der Waals surface area contributed by atoms with E-state index >= 15 is 0 Å². The molecule has 7 heteroatoms. The number of ether oxygens (including phenoxy) is 2. The third-order valence-corrected chi connectivity index (χ3v) is 12.0. The average molecular weight is 696 g/mol. The first-order valence-corrected chi connectivity index (χ1v) is 18.6. The van der Waals surface area contributed by atoms with Crippen LogP contribution in [0.3, 0.4) is 0 Å². The summed E-state index contributed by atoms with van der Waals surface area (Å²) in [4.78, 5) is 9.85. The van der Waals surface area contributed by atoms with Crippen LogP contribution < -0.4 is 25.9 Å². The zero-order chi connectivity index (χ0) is 34.6. The van der Waals surface area contributed by atoms with Gasteiger partial charge in [-0.05, 0) is 71.6 Å². The molecule has 0 N–H and O–H groups in total. The third kappa shape index (κ3) is 4.26. The first-order valence-electron chi connectivity index (χ1n) is 17.8. The van der Waals surface area contributed by atoms with Gasteiger partial charge in [0.25, 0.3) is 6.71 Å². The monoisotopic (exact) mass is 695 g/mol. The fourth-order valence-corrected chi connectivity index (χ4v) is 9.51. The number of pyridine rings is 2. The molecule has 0 saturated heterocycles. The molecule has 53 heavy (non-hydrogen) atoms. The minimum absolute atomic E-state index is 0.0890. The van der Waals surface area contributed by atoms with Crippen LogP contribution in [-0.4, -0.2) is 21.2 Å². The van der Waals surface area contributed by atoms with Crippen LogP contribution in [0.4, 0.5) is 0 Å². The van der Waals surface area contributed by atoms with Crippen LogP contribution in [0.2, 0.25) is 0 Å². The summed E-state index contributed by atoms with van der Waals surface area (Å²) < 4.78 is 18.1. The number of nitrogens with zero attached hydrogens (tertiary/aromatic N) is 3. The number of para-hydroxylation sites is 2. The Balaban J connectivity index is 0.954. The molecule has 0 fully saturated rings. The van der Waals surface area contributed by atoms with Gasteiger partial charge in [-0.25, -0.2) is 9.97 Å². The zero-order valence-electron chi connectivity index (χ0n) is 28.2. The molecule has 0 unspecified atom stereocenters. The summed E-state index contributed by atoms with van der Waals surface area (Å²) in [6, 6.07) is 53.6. The molecule has 0 amide bonds. The molecular weight excluding hydrogens is 669 g/mol. The van der Waals surface area contributed by atoms with Gasteiger partial charge in [-0.15, -0.1) is 11.3 Å². The Morgan fingerprint density at radius 3 is 1.98 bits per heavy atom. The topological polar surface area (TPSA) is 49.2 Å². The second-order valence-corrected chi connectivity index (χ2v) is 14.8. The summed E-state index contributed by atoms with van der Waals surface area (Å²) >= 11 is 1.83. The minimum atomic E-state index is -0.0890. The van der Waals surface area contributed by atoms with Crippen LogP contribution in [0.25, 0.3) is 70.2 Å². The SMILES string of the molecule is c1cc(-c2ccc3c(c2)Oc2nccc4c2B3c2ccc(-n3c5ccccc5c5ccccc53)cc2O4)nc(-c2ccc3sc4ccccc4c3c2)c1. The van der Waals surface area contributed by atoms with E-state index in [1.54, 1.807) is 6.20 Å². The molecule has 0 spiro atoms. The molecular formula is C46H26BN3O2S. The van der Waals surface area contributed by atoms with Gasteiger partial charge < -0.3 is 14.0 Å². The van der Waals surface area contributed by atoms with Crippen LogP contribution in [0.15, 0.2) is 158 Å². The minimum Gasteiger partial charge on any atom is -0.458 e. The van der Waals surface area contributed by atoms with Gasteiger partial charge in [-0.2, -0.15) is 0 Å². The van der Waals surface area contributed by atoms with Crippen LogP contribution in [0, 0.1) is 0 Å². The molecule has 10 aromatic rings. The second kappa shape index (κ2) is 10.9. The summed E-state index contributed by atoms with van der Waals surface area (Å²) in [6.07, 6.45) is 1.76. The average Bonchev–Trinajstić information content (AvgIpc) is 3.76. The predicted octanol–water partition coefficient (Wildman–Crippen LogP) is 10.0. The first-order chi connectivity index (χ1) is 26.2. The van der Waals surface area contributed by atoms with Crippen LogP contribution in [-0.2, 0) is 0 Å². The molecule has 0 atom stereocenters. The van der Waals surface area contributed by atoms with E-state index in [9.17, 15) is 0 Å². The van der Waals surface area contributed by atoms with Gasteiger partial charge in [-0.3, -0.25) is 0 Å². The van der Waals surface area contributed by atoms with E-state index in [-0.39, 0.29) is 6.71 Å². The Kier molecular flexibility index (Phi) is 5.96. The first kappa shape index (κ1) is 28.9. The smallest absolute Gasteiger partial charge is 0.262 e. The van der Waals surface area contributed by atoms with E-state index in [1.807, 2.05) is 17.4 Å². The highest BCUT2D eigenvalue weighted by molar-refractivity contribution is 7.25. The van der Waals surface area contributed by atoms with E-state index in [0.29, 0.717) is 5.88 Å². The number of hydrogen-bond acceptors (Lipinski definition) is 5. The largest absolute Gasteiger partial charge is 0.458 e. The molecule has 12 rings (SSSR count). The van der Waals surface area contributed by atoms with Crippen molar-refractivity contribution in [2.24, 2.45) is 0 Å². The van der Waals surface area contributed by atoms with E-state index in [4.69, 9.17) is 14.5 Å².